The van der Waals surface area contributed by atoms with Gasteiger partial charge in [0.25, 0.3) is 0 Å². The number of ether oxygens (including phenoxy) is 1. The minimum Gasteiger partial charge on any atom is -0.477 e. The Hall–Kier alpha value is -0.960. The van der Waals surface area contributed by atoms with Gasteiger partial charge in [0.2, 0.25) is 10.0 Å². The van der Waals surface area contributed by atoms with Crippen molar-refractivity contribution in [2.75, 3.05) is 19.8 Å². The van der Waals surface area contributed by atoms with Crippen LogP contribution in [0.2, 0.25) is 0 Å². The first-order chi connectivity index (χ1) is 8.99. The molecule has 0 aliphatic heterocycles. The van der Waals surface area contributed by atoms with Crippen molar-refractivity contribution in [3.05, 3.63) is 16.3 Å². The molecule has 0 saturated heterocycles. The highest BCUT2D eigenvalue weighted by atomic mass is 32.2. The summed E-state index contributed by atoms with van der Waals surface area (Å²) >= 11 is 0.891. The van der Waals surface area contributed by atoms with E-state index in [0.29, 0.717) is 19.6 Å². The maximum atomic E-state index is 11.9. The van der Waals surface area contributed by atoms with Crippen molar-refractivity contribution in [2.24, 2.45) is 0 Å². The fraction of sp³-hybridized carbons (Fsp3) is 0.545. The largest absolute Gasteiger partial charge is 0.477 e. The zero-order valence-electron chi connectivity index (χ0n) is 10.6. The van der Waals surface area contributed by atoms with Gasteiger partial charge in [-0.05, 0) is 24.3 Å². The Labute approximate surface area is 116 Å². The number of hydrogen-bond acceptors (Lipinski definition) is 5. The molecule has 0 aliphatic rings. The molecular formula is C11H17NO5S2. The van der Waals surface area contributed by atoms with Crippen molar-refractivity contribution in [2.45, 2.75) is 24.7 Å². The molecule has 19 heavy (non-hydrogen) atoms. The minimum atomic E-state index is -3.76. The summed E-state index contributed by atoms with van der Waals surface area (Å²) in [6, 6.07) is 1.30. The van der Waals surface area contributed by atoms with Gasteiger partial charge in [-0.25, -0.2) is 17.9 Å². The van der Waals surface area contributed by atoms with Gasteiger partial charge in [0, 0.05) is 19.8 Å². The summed E-state index contributed by atoms with van der Waals surface area (Å²) in [7, 11) is -3.76. The third-order valence-electron chi connectivity index (χ3n) is 2.22. The average Bonchev–Trinajstić information content (AvgIpc) is 2.83. The molecule has 0 fully saturated rings. The zero-order valence-corrected chi connectivity index (χ0v) is 12.2. The Morgan fingerprint density at radius 2 is 2.21 bits per heavy atom. The lowest BCUT2D eigenvalue weighted by Gasteiger charge is -2.06. The molecule has 108 valence electrons. The van der Waals surface area contributed by atoms with E-state index in [0.717, 1.165) is 17.8 Å². The lowest BCUT2D eigenvalue weighted by atomic mass is 10.4. The second-order valence-corrected chi connectivity index (χ2v) is 6.43. The summed E-state index contributed by atoms with van der Waals surface area (Å²) in [5, 5.41) is 10.3. The van der Waals surface area contributed by atoms with Crippen molar-refractivity contribution in [1.82, 2.24) is 4.72 Å². The van der Waals surface area contributed by atoms with Crippen LogP contribution in [-0.2, 0) is 14.8 Å². The fourth-order valence-electron chi connectivity index (χ4n) is 1.37. The van der Waals surface area contributed by atoms with Crippen LogP contribution in [0.1, 0.15) is 29.4 Å². The molecule has 0 aliphatic carbocycles. The molecule has 0 atom stereocenters. The van der Waals surface area contributed by atoms with Crippen LogP contribution >= 0.6 is 11.3 Å². The number of sulfonamides is 1. The topological polar surface area (TPSA) is 92.7 Å². The van der Waals surface area contributed by atoms with Gasteiger partial charge in [-0.3, -0.25) is 0 Å². The first-order valence-electron chi connectivity index (χ1n) is 5.87. The van der Waals surface area contributed by atoms with Crippen LogP contribution in [0.5, 0.6) is 0 Å². The van der Waals surface area contributed by atoms with Gasteiger partial charge in [-0.1, -0.05) is 6.92 Å². The van der Waals surface area contributed by atoms with E-state index in [1.54, 1.807) is 0 Å². The maximum absolute atomic E-state index is 11.9. The number of rotatable bonds is 9. The molecule has 0 unspecified atom stereocenters. The monoisotopic (exact) mass is 307 g/mol. The molecule has 0 aromatic carbocycles. The second-order valence-electron chi connectivity index (χ2n) is 3.78. The Bertz CT molecular complexity index is 509. The van der Waals surface area contributed by atoms with Gasteiger partial charge in [0.05, 0.1) is 0 Å². The number of carbonyl (C=O) groups is 1. The first kappa shape index (κ1) is 16.1. The van der Waals surface area contributed by atoms with Crippen molar-refractivity contribution >= 4 is 27.3 Å². The van der Waals surface area contributed by atoms with Gasteiger partial charge in [0.15, 0.2) is 0 Å². The summed E-state index contributed by atoms with van der Waals surface area (Å²) in [6.07, 6.45) is 1.47. The molecule has 0 saturated carbocycles. The third-order valence-corrected chi connectivity index (χ3v) is 4.75. The smallest absolute Gasteiger partial charge is 0.347 e. The fourth-order valence-corrected chi connectivity index (χ4v) is 3.70. The molecule has 6 nitrogen and oxygen atoms in total. The van der Waals surface area contributed by atoms with Gasteiger partial charge < -0.3 is 9.84 Å². The van der Waals surface area contributed by atoms with E-state index in [2.05, 4.69) is 4.72 Å². The number of thiophene rings is 1. The lowest BCUT2D eigenvalue weighted by molar-refractivity contribution is 0.0698. The lowest BCUT2D eigenvalue weighted by Crippen LogP contribution is -2.26. The molecule has 1 aromatic rings. The second kappa shape index (κ2) is 7.59. The van der Waals surface area contributed by atoms with Crippen molar-refractivity contribution in [1.29, 1.82) is 0 Å². The minimum absolute atomic E-state index is 0.172. The molecule has 1 rings (SSSR count). The predicted octanol–water partition coefficient (Wildman–Crippen LogP) is 1.54. The SMILES string of the molecule is CCCOCCCNS(=O)(=O)c1ccsc1C(=O)O. The van der Waals surface area contributed by atoms with E-state index < -0.39 is 16.0 Å². The summed E-state index contributed by atoms with van der Waals surface area (Å²) in [6.45, 7) is 3.35. The molecule has 1 heterocycles. The van der Waals surface area contributed by atoms with Crippen LogP contribution in [0.4, 0.5) is 0 Å². The van der Waals surface area contributed by atoms with Crippen LogP contribution < -0.4 is 4.72 Å². The van der Waals surface area contributed by atoms with E-state index >= 15 is 0 Å². The summed E-state index contributed by atoms with van der Waals surface area (Å²) < 4.78 is 31.4. The van der Waals surface area contributed by atoms with Gasteiger partial charge >= 0.3 is 5.97 Å². The van der Waals surface area contributed by atoms with E-state index in [1.807, 2.05) is 6.92 Å². The summed E-state index contributed by atoms with van der Waals surface area (Å²) in [5.74, 6) is -1.23. The highest BCUT2D eigenvalue weighted by molar-refractivity contribution is 7.89. The van der Waals surface area contributed by atoms with E-state index in [1.165, 1.54) is 11.4 Å². The Morgan fingerprint density at radius 1 is 1.47 bits per heavy atom. The number of hydrogen-bond donors (Lipinski definition) is 2. The number of carboxylic acid groups (broad SMARTS) is 1. The van der Waals surface area contributed by atoms with Crippen LogP contribution in [0.3, 0.4) is 0 Å². The molecule has 0 spiro atoms. The molecule has 0 bridgehead atoms. The molecule has 1 aromatic heterocycles. The quantitative estimate of drug-likeness (QED) is 0.675. The predicted molar refractivity (Wildman–Crippen MR) is 72.2 cm³/mol. The van der Waals surface area contributed by atoms with Crippen LogP contribution in [0.25, 0.3) is 0 Å². The normalized spacial score (nSPS) is 11.6. The molecule has 0 radical (unpaired) electrons. The summed E-state index contributed by atoms with van der Waals surface area (Å²) in [4.78, 5) is 10.5. The van der Waals surface area contributed by atoms with Crippen LogP contribution in [0, 0.1) is 0 Å². The molecular weight excluding hydrogens is 290 g/mol. The number of aromatic carboxylic acids is 1. The molecule has 2 N–H and O–H groups in total. The van der Waals surface area contributed by atoms with E-state index in [4.69, 9.17) is 9.84 Å². The highest BCUT2D eigenvalue weighted by Crippen LogP contribution is 2.21. The van der Waals surface area contributed by atoms with E-state index in [-0.39, 0.29) is 16.3 Å². The Kier molecular flexibility index (Phi) is 6.43. The molecule has 0 amide bonds. The van der Waals surface area contributed by atoms with Crippen LogP contribution in [0.15, 0.2) is 16.3 Å². The van der Waals surface area contributed by atoms with Gasteiger partial charge in [-0.2, -0.15) is 0 Å². The Balaban J connectivity index is 2.52. The van der Waals surface area contributed by atoms with Crippen molar-refractivity contribution in [3.8, 4) is 0 Å². The first-order valence-corrected chi connectivity index (χ1v) is 8.23. The summed E-state index contributed by atoms with van der Waals surface area (Å²) in [5.41, 5.74) is 0. The molecule has 8 heteroatoms. The van der Waals surface area contributed by atoms with E-state index in [9.17, 15) is 13.2 Å². The van der Waals surface area contributed by atoms with Crippen LogP contribution in [-0.4, -0.2) is 39.3 Å². The highest BCUT2D eigenvalue weighted by Gasteiger charge is 2.23. The van der Waals surface area contributed by atoms with Crippen molar-refractivity contribution < 1.29 is 23.1 Å². The van der Waals surface area contributed by atoms with Gasteiger partial charge in [-0.15, -0.1) is 11.3 Å². The number of nitrogens with one attached hydrogen (secondary N) is 1. The van der Waals surface area contributed by atoms with Crippen molar-refractivity contribution in [3.63, 3.8) is 0 Å². The standard InChI is InChI=1S/C11H17NO5S2/c1-2-6-17-7-3-5-12-19(15,16)9-4-8-18-10(9)11(13)14/h4,8,12H,2-3,5-7H2,1H3,(H,13,14). The Morgan fingerprint density at radius 3 is 2.84 bits per heavy atom. The number of carboxylic acids is 1. The third kappa shape index (κ3) is 4.90. The zero-order chi connectivity index (χ0) is 14.3. The van der Waals surface area contributed by atoms with Gasteiger partial charge in [0.1, 0.15) is 9.77 Å². The maximum Gasteiger partial charge on any atom is 0.347 e. The average molecular weight is 307 g/mol.